The van der Waals surface area contributed by atoms with E-state index in [9.17, 15) is 22.0 Å². The van der Waals surface area contributed by atoms with Crippen molar-refractivity contribution in [1.29, 1.82) is 0 Å². The van der Waals surface area contributed by atoms with Crippen molar-refractivity contribution in [3.8, 4) is 0 Å². The molecule has 3 nitrogen and oxygen atoms in total. The number of benzene rings is 2. The molecule has 0 atom stereocenters. The summed E-state index contributed by atoms with van der Waals surface area (Å²) in [6.45, 7) is 1.47. The highest BCUT2D eigenvalue weighted by Gasteiger charge is 2.20. The second-order valence-corrected chi connectivity index (χ2v) is 8.67. The van der Waals surface area contributed by atoms with E-state index in [0.717, 1.165) is 18.2 Å². The first-order valence-corrected chi connectivity index (χ1v) is 9.82. The lowest BCUT2D eigenvalue weighted by Crippen LogP contribution is -2.10. The minimum absolute atomic E-state index is 0.0205. The average Bonchev–Trinajstić information content (AvgIpc) is 2.50. The van der Waals surface area contributed by atoms with Gasteiger partial charge in [0.05, 0.1) is 10.8 Å². The Balaban J connectivity index is 2.45. The zero-order chi connectivity index (χ0) is 18.1. The van der Waals surface area contributed by atoms with E-state index < -0.39 is 33.0 Å². The first kappa shape index (κ1) is 19.0. The second-order valence-electron chi connectivity index (χ2n) is 5.05. The van der Waals surface area contributed by atoms with Crippen LogP contribution in [-0.2, 0) is 15.6 Å². The van der Waals surface area contributed by atoms with Crippen molar-refractivity contribution in [2.75, 3.05) is 5.75 Å². The highest BCUT2D eigenvalue weighted by molar-refractivity contribution is 9.10. The molecule has 0 aliphatic heterocycles. The number of hydrogen-bond acceptors (Lipinski definition) is 3. The molecule has 0 amide bonds. The van der Waals surface area contributed by atoms with Crippen molar-refractivity contribution in [3.05, 3.63) is 68.2 Å². The summed E-state index contributed by atoms with van der Waals surface area (Å²) in [5, 5.41) is -0.0926. The average molecular weight is 438 g/mol. The first-order chi connectivity index (χ1) is 11.1. The molecule has 2 aromatic rings. The molecule has 2 aromatic carbocycles. The number of ketones is 1. The largest absolute Gasteiger partial charge is 0.289 e. The third-order valence-corrected chi connectivity index (χ3v) is 5.97. The summed E-state index contributed by atoms with van der Waals surface area (Å²) in [4.78, 5) is 12.5. The van der Waals surface area contributed by atoms with Gasteiger partial charge < -0.3 is 0 Å². The molecule has 0 aliphatic carbocycles. The maximum atomic E-state index is 14.2. The van der Waals surface area contributed by atoms with Crippen molar-refractivity contribution in [3.63, 3.8) is 0 Å². The third-order valence-electron chi connectivity index (χ3n) is 3.37. The van der Waals surface area contributed by atoms with Crippen LogP contribution in [-0.4, -0.2) is 20.0 Å². The van der Waals surface area contributed by atoms with Crippen molar-refractivity contribution < 1.29 is 22.0 Å². The van der Waals surface area contributed by atoms with Crippen LogP contribution in [0.1, 0.15) is 28.4 Å². The van der Waals surface area contributed by atoms with E-state index >= 15 is 0 Å². The number of hydrogen-bond donors (Lipinski definition) is 0. The van der Waals surface area contributed by atoms with Gasteiger partial charge in [0.2, 0.25) is 0 Å². The van der Waals surface area contributed by atoms with Crippen molar-refractivity contribution in [1.82, 2.24) is 0 Å². The van der Waals surface area contributed by atoms with Gasteiger partial charge in [0, 0.05) is 26.9 Å². The number of rotatable bonds is 5. The zero-order valence-corrected chi connectivity index (χ0v) is 15.6. The van der Waals surface area contributed by atoms with Crippen LogP contribution in [0.25, 0.3) is 0 Å². The van der Waals surface area contributed by atoms with E-state index in [1.807, 2.05) is 0 Å². The Morgan fingerprint density at radius 1 is 1.17 bits per heavy atom. The van der Waals surface area contributed by atoms with Gasteiger partial charge in [-0.15, -0.1) is 0 Å². The van der Waals surface area contributed by atoms with E-state index in [-0.39, 0.29) is 31.9 Å². The fraction of sp³-hybridized carbons (Fsp3) is 0.188. The Bertz CT molecular complexity index is 914. The minimum atomic E-state index is -3.42. The molecule has 0 radical (unpaired) electrons. The maximum Gasteiger partial charge on any atom is 0.195 e. The van der Waals surface area contributed by atoms with E-state index in [1.165, 1.54) is 19.1 Å². The molecule has 0 saturated heterocycles. The molecule has 0 saturated carbocycles. The molecule has 0 heterocycles. The summed E-state index contributed by atoms with van der Waals surface area (Å²) in [7, 11) is -3.42. The topological polar surface area (TPSA) is 51.2 Å². The molecule has 8 heteroatoms. The molecule has 0 bridgehead atoms. The first-order valence-electron chi connectivity index (χ1n) is 6.82. The molecule has 0 unspecified atom stereocenters. The van der Waals surface area contributed by atoms with Crippen LogP contribution in [0.4, 0.5) is 8.78 Å². The van der Waals surface area contributed by atoms with Gasteiger partial charge in [-0.25, -0.2) is 17.2 Å². The highest BCUT2D eigenvalue weighted by atomic mass is 79.9. The predicted molar refractivity (Wildman–Crippen MR) is 92.1 cm³/mol. The molecule has 0 fully saturated rings. The summed E-state index contributed by atoms with van der Waals surface area (Å²) in [5.41, 5.74) is -0.0452. The van der Waals surface area contributed by atoms with Crippen LogP contribution in [0.15, 0.2) is 34.8 Å². The Labute approximate surface area is 151 Å². The monoisotopic (exact) mass is 436 g/mol. The Morgan fingerprint density at radius 2 is 1.83 bits per heavy atom. The normalized spacial score (nSPS) is 11.5. The van der Waals surface area contributed by atoms with E-state index in [4.69, 9.17) is 11.6 Å². The standard InChI is InChI=1S/C16H12BrClF2O3S/c1-2-24(22,23)8-9-5-13(17)12(7-15(9)20)16(21)11-4-3-10(19)6-14(11)18/h3-7H,2,8H2,1H3. The minimum Gasteiger partial charge on any atom is -0.289 e. The lowest BCUT2D eigenvalue weighted by molar-refractivity contribution is 0.103. The van der Waals surface area contributed by atoms with E-state index in [0.29, 0.717) is 0 Å². The third kappa shape index (κ3) is 4.20. The van der Waals surface area contributed by atoms with Crippen molar-refractivity contribution >= 4 is 43.2 Å². The van der Waals surface area contributed by atoms with Crippen LogP contribution < -0.4 is 0 Å². The summed E-state index contributed by atoms with van der Waals surface area (Å²) >= 11 is 9.00. The number of carbonyl (C=O) groups excluding carboxylic acids is 1. The highest BCUT2D eigenvalue weighted by Crippen LogP contribution is 2.28. The van der Waals surface area contributed by atoms with Gasteiger partial charge in [-0.2, -0.15) is 0 Å². The molecule has 24 heavy (non-hydrogen) atoms. The molecule has 128 valence electrons. The molecule has 2 rings (SSSR count). The van der Waals surface area contributed by atoms with E-state index in [2.05, 4.69) is 15.9 Å². The van der Waals surface area contributed by atoms with Crippen molar-refractivity contribution in [2.24, 2.45) is 0 Å². The number of halogens is 4. The van der Waals surface area contributed by atoms with Gasteiger partial charge in [-0.3, -0.25) is 4.79 Å². The second kappa shape index (κ2) is 7.29. The Morgan fingerprint density at radius 3 is 2.42 bits per heavy atom. The molecular weight excluding hydrogens is 426 g/mol. The van der Waals surface area contributed by atoms with Crippen LogP contribution in [0.2, 0.25) is 5.02 Å². The Hall–Kier alpha value is -1.31. The lowest BCUT2D eigenvalue weighted by Gasteiger charge is -2.10. The van der Waals surface area contributed by atoms with Gasteiger partial charge in [0.1, 0.15) is 11.6 Å². The van der Waals surface area contributed by atoms with Gasteiger partial charge in [0.15, 0.2) is 15.6 Å². The van der Waals surface area contributed by atoms with Crippen molar-refractivity contribution in [2.45, 2.75) is 12.7 Å². The molecule has 0 N–H and O–H groups in total. The fourth-order valence-corrected chi connectivity index (χ4v) is 3.75. The smallest absolute Gasteiger partial charge is 0.195 e. The molecule has 0 aliphatic rings. The van der Waals surface area contributed by atoms with Crippen LogP contribution in [0.3, 0.4) is 0 Å². The van der Waals surface area contributed by atoms with Gasteiger partial charge in [-0.05, 0) is 30.3 Å². The summed E-state index contributed by atoms with van der Waals surface area (Å²) in [6, 6.07) is 5.48. The quantitative estimate of drug-likeness (QED) is 0.645. The molecule has 0 spiro atoms. The summed E-state index contributed by atoms with van der Waals surface area (Å²) < 4.78 is 50.8. The summed E-state index contributed by atoms with van der Waals surface area (Å²) in [6.07, 6.45) is 0. The number of carbonyl (C=O) groups is 1. The molecular formula is C16H12BrClF2O3S. The molecule has 0 aromatic heterocycles. The predicted octanol–water partition coefficient (Wildman–Crippen LogP) is 4.55. The van der Waals surface area contributed by atoms with E-state index in [1.54, 1.807) is 0 Å². The number of sulfone groups is 1. The fourth-order valence-electron chi connectivity index (χ4n) is 2.03. The Kier molecular flexibility index (Phi) is 5.78. The van der Waals surface area contributed by atoms with Crippen LogP contribution >= 0.6 is 27.5 Å². The maximum absolute atomic E-state index is 14.2. The lowest BCUT2D eigenvalue weighted by atomic mass is 10.0. The van der Waals surface area contributed by atoms with Gasteiger partial charge in [-0.1, -0.05) is 34.5 Å². The van der Waals surface area contributed by atoms with Gasteiger partial charge >= 0.3 is 0 Å². The zero-order valence-electron chi connectivity index (χ0n) is 12.4. The van der Waals surface area contributed by atoms with Gasteiger partial charge in [0.25, 0.3) is 0 Å². The van der Waals surface area contributed by atoms with Crippen LogP contribution in [0, 0.1) is 11.6 Å². The summed E-state index contributed by atoms with van der Waals surface area (Å²) in [5.74, 6) is -2.58. The van der Waals surface area contributed by atoms with Crippen LogP contribution in [0.5, 0.6) is 0 Å². The SMILES string of the molecule is CCS(=O)(=O)Cc1cc(Br)c(C(=O)c2ccc(F)cc2Cl)cc1F.